The Kier molecular flexibility index (Phi) is 3.34. The molecule has 12 heavy (non-hydrogen) atoms. The van der Waals surface area contributed by atoms with Gasteiger partial charge in [-0.1, -0.05) is 6.92 Å². The van der Waals surface area contributed by atoms with Crippen molar-refractivity contribution >= 4 is 6.03 Å². The smallest absolute Gasteiger partial charge is 0.312 e. The van der Waals surface area contributed by atoms with E-state index >= 15 is 0 Å². The molecule has 1 aliphatic heterocycles. The van der Waals surface area contributed by atoms with Crippen molar-refractivity contribution < 1.29 is 4.79 Å². The molecule has 0 spiro atoms. The van der Waals surface area contributed by atoms with Crippen LogP contribution in [0.5, 0.6) is 0 Å². The third-order valence-electron chi connectivity index (χ3n) is 2.38. The van der Waals surface area contributed by atoms with E-state index in [9.17, 15) is 4.79 Å². The maximum Gasteiger partial charge on any atom is 0.312 e. The van der Waals surface area contributed by atoms with Crippen molar-refractivity contribution in [2.75, 3.05) is 13.1 Å². The number of amides is 2. The molecule has 1 heterocycles. The Labute approximate surface area is 72.9 Å². The predicted molar refractivity (Wildman–Crippen MR) is 47.8 cm³/mol. The van der Waals surface area contributed by atoms with Crippen LogP contribution in [0.25, 0.3) is 0 Å². The van der Waals surface area contributed by atoms with Crippen LogP contribution in [0.4, 0.5) is 4.79 Å². The minimum atomic E-state index is -0.431. The van der Waals surface area contributed by atoms with Crippen molar-refractivity contribution in [1.29, 1.82) is 0 Å². The first kappa shape index (κ1) is 9.32. The highest BCUT2D eigenvalue weighted by molar-refractivity contribution is 5.71. The molecular weight excluding hydrogens is 154 g/mol. The Morgan fingerprint density at radius 3 is 3.08 bits per heavy atom. The lowest BCUT2D eigenvalue weighted by molar-refractivity contribution is 0.246. The minimum Gasteiger partial charge on any atom is -0.352 e. The van der Waals surface area contributed by atoms with Crippen molar-refractivity contribution in [2.45, 2.75) is 25.8 Å². The zero-order valence-electron chi connectivity index (χ0n) is 7.47. The summed E-state index contributed by atoms with van der Waals surface area (Å²) in [7, 11) is 0. The number of carbonyl (C=O) groups is 1. The van der Waals surface area contributed by atoms with Gasteiger partial charge >= 0.3 is 6.03 Å². The molecule has 0 aromatic heterocycles. The van der Waals surface area contributed by atoms with E-state index in [1.165, 1.54) is 12.8 Å². The van der Waals surface area contributed by atoms with Crippen LogP contribution in [0, 0.1) is 5.92 Å². The lowest BCUT2D eigenvalue weighted by atomic mass is 10.0. The average Bonchev–Trinajstić information content (AvgIpc) is 2.51. The molecule has 1 saturated heterocycles. The Bertz CT molecular complexity index is 154. The summed E-state index contributed by atoms with van der Waals surface area (Å²) in [6.45, 7) is 3.90. The van der Waals surface area contributed by atoms with Crippen LogP contribution in [0.1, 0.15) is 19.8 Å². The van der Waals surface area contributed by atoms with Gasteiger partial charge in [-0.25, -0.2) is 4.79 Å². The molecule has 0 radical (unpaired) electrons. The van der Waals surface area contributed by atoms with Crippen molar-refractivity contribution in [3.8, 4) is 0 Å². The normalized spacial score (nSPS) is 25.2. The zero-order valence-corrected chi connectivity index (χ0v) is 7.47. The quantitative estimate of drug-likeness (QED) is 0.561. The molecule has 0 aromatic rings. The average molecular weight is 171 g/mol. The van der Waals surface area contributed by atoms with Gasteiger partial charge < -0.3 is 16.4 Å². The number of carbonyl (C=O) groups excluding carboxylic acids is 1. The summed E-state index contributed by atoms with van der Waals surface area (Å²) < 4.78 is 0. The van der Waals surface area contributed by atoms with E-state index in [4.69, 9.17) is 5.73 Å². The van der Waals surface area contributed by atoms with E-state index in [0.29, 0.717) is 18.5 Å². The molecule has 1 fully saturated rings. The Balaban J connectivity index is 2.17. The fourth-order valence-electron chi connectivity index (χ4n) is 1.60. The number of rotatable bonds is 3. The van der Waals surface area contributed by atoms with Crippen LogP contribution >= 0.6 is 0 Å². The summed E-state index contributed by atoms with van der Waals surface area (Å²) in [5, 5.41) is 6.01. The van der Waals surface area contributed by atoms with Gasteiger partial charge in [-0.3, -0.25) is 0 Å². The van der Waals surface area contributed by atoms with E-state index in [1.807, 2.05) is 0 Å². The molecule has 2 atom stereocenters. The van der Waals surface area contributed by atoms with Crippen LogP contribution in [-0.4, -0.2) is 25.2 Å². The van der Waals surface area contributed by atoms with Gasteiger partial charge in [0.2, 0.25) is 0 Å². The largest absolute Gasteiger partial charge is 0.352 e. The fourth-order valence-corrected chi connectivity index (χ4v) is 1.60. The topological polar surface area (TPSA) is 67.1 Å². The summed E-state index contributed by atoms with van der Waals surface area (Å²) in [4.78, 5) is 10.4. The molecule has 2 amide bonds. The highest BCUT2D eigenvalue weighted by atomic mass is 16.2. The molecular formula is C8H17N3O. The second-order valence-corrected chi connectivity index (χ2v) is 3.43. The summed E-state index contributed by atoms with van der Waals surface area (Å²) in [6, 6.07) is 0.122. The van der Waals surface area contributed by atoms with Gasteiger partial charge in [0.15, 0.2) is 0 Å². The standard InChI is InChI=1S/C8H17N3O/c1-6(5-11-8(9)12)7-3-2-4-10-7/h6-7,10H,2-5H2,1H3,(H3,9,11,12). The van der Waals surface area contributed by atoms with Gasteiger partial charge in [-0.05, 0) is 25.3 Å². The molecule has 4 nitrogen and oxygen atoms in total. The lowest BCUT2D eigenvalue weighted by Crippen LogP contribution is -2.39. The van der Waals surface area contributed by atoms with Gasteiger partial charge in [0.05, 0.1) is 0 Å². The molecule has 0 saturated carbocycles. The maximum absolute atomic E-state index is 10.4. The van der Waals surface area contributed by atoms with E-state index < -0.39 is 6.03 Å². The molecule has 4 heteroatoms. The second kappa shape index (κ2) is 4.30. The van der Waals surface area contributed by atoms with Gasteiger partial charge in [-0.15, -0.1) is 0 Å². The van der Waals surface area contributed by atoms with Crippen LogP contribution in [0.2, 0.25) is 0 Å². The van der Waals surface area contributed by atoms with Gasteiger partial charge in [0.25, 0.3) is 0 Å². The maximum atomic E-state index is 10.4. The third kappa shape index (κ3) is 2.70. The van der Waals surface area contributed by atoms with E-state index in [-0.39, 0.29) is 0 Å². The monoisotopic (exact) mass is 171 g/mol. The molecule has 0 bridgehead atoms. The van der Waals surface area contributed by atoms with Crippen molar-refractivity contribution in [1.82, 2.24) is 10.6 Å². The Morgan fingerprint density at radius 1 is 1.83 bits per heavy atom. The highest BCUT2D eigenvalue weighted by Crippen LogP contribution is 2.13. The third-order valence-corrected chi connectivity index (χ3v) is 2.38. The number of primary amides is 1. The summed E-state index contributed by atoms with van der Waals surface area (Å²) >= 11 is 0. The predicted octanol–water partition coefficient (Wildman–Crippen LogP) is 0.0428. The SMILES string of the molecule is CC(CNC(N)=O)C1CCCN1. The molecule has 1 rings (SSSR count). The summed E-state index contributed by atoms with van der Waals surface area (Å²) in [6.07, 6.45) is 2.45. The Hall–Kier alpha value is -0.770. The Morgan fingerprint density at radius 2 is 2.58 bits per heavy atom. The molecule has 0 aromatic carbocycles. The van der Waals surface area contributed by atoms with Crippen molar-refractivity contribution in [3.63, 3.8) is 0 Å². The summed E-state index contributed by atoms with van der Waals surface area (Å²) in [5.41, 5.74) is 4.97. The molecule has 2 unspecified atom stereocenters. The number of urea groups is 1. The van der Waals surface area contributed by atoms with Gasteiger partial charge in [-0.2, -0.15) is 0 Å². The second-order valence-electron chi connectivity index (χ2n) is 3.43. The van der Waals surface area contributed by atoms with Crippen LogP contribution in [0.3, 0.4) is 0 Å². The molecule has 4 N–H and O–H groups in total. The highest BCUT2D eigenvalue weighted by Gasteiger charge is 2.20. The number of hydrogen-bond donors (Lipinski definition) is 3. The first-order chi connectivity index (χ1) is 5.70. The van der Waals surface area contributed by atoms with E-state index in [0.717, 1.165) is 6.54 Å². The van der Waals surface area contributed by atoms with Gasteiger partial charge in [0.1, 0.15) is 0 Å². The number of nitrogens with one attached hydrogen (secondary N) is 2. The van der Waals surface area contributed by atoms with E-state index in [1.54, 1.807) is 0 Å². The molecule has 1 aliphatic rings. The minimum absolute atomic E-state index is 0.431. The van der Waals surface area contributed by atoms with Crippen LogP contribution in [-0.2, 0) is 0 Å². The van der Waals surface area contributed by atoms with Crippen molar-refractivity contribution in [3.05, 3.63) is 0 Å². The van der Waals surface area contributed by atoms with Crippen LogP contribution < -0.4 is 16.4 Å². The lowest BCUT2D eigenvalue weighted by Gasteiger charge is -2.18. The number of hydrogen-bond acceptors (Lipinski definition) is 2. The zero-order chi connectivity index (χ0) is 8.97. The summed E-state index contributed by atoms with van der Waals surface area (Å²) in [5.74, 6) is 0.472. The van der Waals surface area contributed by atoms with Gasteiger partial charge in [0, 0.05) is 12.6 Å². The van der Waals surface area contributed by atoms with Crippen molar-refractivity contribution in [2.24, 2.45) is 11.7 Å². The first-order valence-electron chi connectivity index (χ1n) is 4.47. The van der Waals surface area contributed by atoms with Crippen LogP contribution in [0.15, 0.2) is 0 Å². The molecule has 70 valence electrons. The van der Waals surface area contributed by atoms with E-state index in [2.05, 4.69) is 17.6 Å². The molecule has 0 aliphatic carbocycles. The fraction of sp³-hybridized carbons (Fsp3) is 0.875. The first-order valence-corrected chi connectivity index (χ1v) is 4.47. The number of nitrogens with two attached hydrogens (primary N) is 1.